The largest absolute Gasteiger partial charge is 0.309 e. The lowest BCUT2D eigenvalue weighted by molar-refractivity contribution is 0.621. The van der Waals surface area contributed by atoms with Crippen molar-refractivity contribution < 1.29 is 4.39 Å². The molecule has 1 aliphatic carbocycles. The van der Waals surface area contributed by atoms with Crippen molar-refractivity contribution >= 4 is 27.3 Å². The predicted molar refractivity (Wildman–Crippen MR) is 77.3 cm³/mol. The summed E-state index contributed by atoms with van der Waals surface area (Å²) in [6, 6.07) is 10.1. The second-order valence-electron chi connectivity index (χ2n) is 4.55. The van der Waals surface area contributed by atoms with Crippen LogP contribution in [0.15, 0.2) is 34.8 Å². The molecule has 1 aromatic carbocycles. The molecule has 0 atom stereocenters. The summed E-state index contributed by atoms with van der Waals surface area (Å²) in [4.78, 5) is 2.51. The first-order valence-corrected chi connectivity index (χ1v) is 7.61. The molecule has 0 aliphatic heterocycles. The summed E-state index contributed by atoms with van der Waals surface area (Å²) in [6.45, 7) is 0.942. The quantitative estimate of drug-likeness (QED) is 0.868. The van der Waals surface area contributed by atoms with Gasteiger partial charge in [0.05, 0.1) is 4.47 Å². The molecule has 4 heteroatoms. The van der Waals surface area contributed by atoms with E-state index in [-0.39, 0.29) is 5.82 Å². The molecule has 18 heavy (non-hydrogen) atoms. The first kappa shape index (κ1) is 12.3. The summed E-state index contributed by atoms with van der Waals surface area (Å²) in [7, 11) is 0. The van der Waals surface area contributed by atoms with E-state index >= 15 is 0 Å². The molecule has 1 heterocycles. The van der Waals surface area contributed by atoms with Crippen molar-refractivity contribution in [2.75, 3.05) is 0 Å². The molecule has 0 radical (unpaired) electrons. The van der Waals surface area contributed by atoms with Gasteiger partial charge >= 0.3 is 0 Å². The predicted octanol–water partition coefficient (Wildman–Crippen LogP) is 4.57. The Labute approximate surface area is 118 Å². The second-order valence-corrected chi connectivity index (χ2v) is 6.57. The molecular weight excluding hydrogens is 313 g/mol. The molecule has 3 rings (SSSR count). The maximum Gasteiger partial charge on any atom is 0.137 e. The zero-order valence-corrected chi connectivity index (χ0v) is 12.2. The van der Waals surface area contributed by atoms with E-state index in [0.29, 0.717) is 4.47 Å². The first-order valence-electron chi connectivity index (χ1n) is 6.00. The van der Waals surface area contributed by atoms with Crippen molar-refractivity contribution in [3.8, 4) is 10.4 Å². The fourth-order valence-electron chi connectivity index (χ4n) is 1.81. The summed E-state index contributed by atoms with van der Waals surface area (Å²) in [5.74, 6) is -0.217. The van der Waals surface area contributed by atoms with Crippen LogP contribution in [0.25, 0.3) is 10.4 Å². The van der Waals surface area contributed by atoms with Gasteiger partial charge in [0.15, 0.2) is 0 Å². The standard InChI is InChI=1S/C14H13BrFNS/c15-12-7-9(1-5-13(12)16)14-6-4-11(18-14)8-17-10-2-3-10/h1,4-7,10,17H,2-3,8H2. The highest BCUT2D eigenvalue weighted by molar-refractivity contribution is 9.10. The summed E-state index contributed by atoms with van der Waals surface area (Å²) < 4.78 is 13.7. The Morgan fingerprint density at radius 2 is 2.11 bits per heavy atom. The lowest BCUT2D eigenvalue weighted by atomic mass is 10.2. The Morgan fingerprint density at radius 3 is 2.83 bits per heavy atom. The van der Waals surface area contributed by atoms with Crippen LogP contribution in [0.5, 0.6) is 0 Å². The van der Waals surface area contributed by atoms with E-state index in [4.69, 9.17) is 0 Å². The van der Waals surface area contributed by atoms with Gasteiger partial charge in [-0.3, -0.25) is 0 Å². The molecule has 0 unspecified atom stereocenters. The maximum absolute atomic E-state index is 13.2. The third-order valence-corrected chi connectivity index (χ3v) is 4.75. The molecule has 1 fully saturated rings. The average Bonchev–Trinajstić information content (AvgIpc) is 3.08. The van der Waals surface area contributed by atoms with E-state index in [2.05, 4.69) is 33.4 Å². The fraction of sp³-hybridized carbons (Fsp3) is 0.286. The summed E-state index contributed by atoms with van der Waals surface area (Å²) in [5, 5.41) is 3.50. The zero-order valence-electron chi connectivity index (χ0n) is 9.75. The van der Waals surface area contributed by atoms with Crippen LogP contribution in [-0.4, -0.2) is 6.04 Å². The Hall–Kier alpha value is -0.710. The SMILES string of the molecule is Fc1ccc(-c2ccc(CNC3CC3)s2)cc1Br. The minimum Gasteiger partial charge on any atom is -0.309 e. The Bertz CT molecular complexity index is 563. The van der Waals surface area contributed by atoms with Gasteiger partial charge in [-0.25, -0.2) is 4.39 Å². The van der Waals surface area contributed by atoms with Gasteiger partial charge in [0, 0.05) is 22.3 Å². The minimum absolute atomic E-state index is 0.217. The molecule has 0 amide bonds. The van der Waals surface area contributed by atoms with E-state index in [1.165, 1.54) is 28.7 Å². The number of thiophene rings is 1. The number of benzene rings is 1. The number of nitrogens with one attached hydrogen (secondary N) is 1. The molecule has 1 aliphatic rings. The van der Waals surface area contributed by atoms with E-state index in [0.717, 1.165) is 18.2 Å². The first-order chi connectivity index (χ1) is 8.72. The van der Waals surface area contributed by atoms with Gasteiger partial charge in [-0.1, -0.05) is 6.07 Å². The van der Waals surface area contributed by atoms with Gasteiger partial charge in [0.1, 0.15) is 5.82 Å². The van der Waals surface area contributed by atoms with Gasteiger partial charge in [0.25, 0.3) is 0 Å². The normalized spacial score (nSPS) is 15.0. The minimum atomic E-state index is -0.217. The van der Waals surface area contributed by atoms with Crippen LogP contribution >= 0.6 is 27.3 Å². The highest BCUT2D eigenvalue weighted by Crippen LogP contribution is 2.31. The van der Waals surface area contributed by atoms with Gasteiger partial charge in [0.2, 0.25) is 0 Å². The molecular formula is C14H13BrFNS. The lowest BCUT2D eigenvalue weighted by Gasteiger charge is -2.00. The van der Waals surface area contributed by atoms with Crippen molar-refractivity contribution in [3.05, 3.63) is 45.5 Å². The molecule has 0 saturated heterocycles. The van der Waals surface area contributed by atoms with Crippen LogP contribution in [0.1, 0.15) is 17.7 Å². The number of hydrogen-bond donors (Lipinski definition) is 1. The number of rotatable bonds is 4. The molecule has 1 aromatic heterocycles. The van der Waals surface area contributed by atoms with Gasteiger partial charge in [-0.05, 0) is 58.6 Å². The van der Waals surface area contributed by atoms with Crippen molar-refractivity contribution in [2.24, 2.45) is 0 Å². The summed E-state index contributed by atoms with van der Waals surface area (Å²) in [5.41, 5.74) is 1.06. The maximum atomic E-state index is 13.2. The molecule has 0 bridgehead atoms. The number of halogens is 2. The zero-order chi connectivity index (χ0) is 12.5. The third-order valence-electron chi connectivity index (χ3n) is 3.01. The topological polar surface area (TPSA) is 12.0 Å². The van der Waals surface area contributed by atoms with E-state index in [1.807, 2.05) is 12.1 Å². The van der Waals surface area contributed by atoms with Crippen molar-refractivity contribution in [1.82, 2.24) is 5.32 Å². The Morgan fingerprint density at radius 1 is 1.28 bits per heavy atom. The van der Waals surface area contributed by atoms with Crippen LogP contribution in [0.3, 0.4) is 0 Å². The van der Waals surface area contributed by atoms with Gasteiger partial charge in [-0.2, -0.15) is 0 Å². The fourth-order valence-corrected chi connectivity index (χ4v) is 3.14. The highest BCUT2D eigenvalue weighted by atomic mass is 79.9. The summed E-state index contributed by atoms with van der Waals surface area (Å²) >= 11 is 4.99. The van der Waals surface area contributed by atoms with Crippen molar-refractivity contribution in [3.63, 3.8) is 0 Å². The molecule has 94 valence electrons. The van der Waals surface area contributed by atoms with E-state index in [1.54, 1.807) is 11.3 Å². The van der Waals surface area contributed by atoms with Crippen molar-refractivity contribution in [1.29, 1.82) is 0 Å². The Balaban J connectivity index is 1.76. The molecule has 2 aromatic rings. The van der Waals surface area contributed by atoms with Crippen LogP contribution < -0.4 is 5.32 Å². The second kappa shape index (κ2) is 5.11. The van der Waals surface area contributed by atoms with Crippen LogP contribution in [-0.2, 0) is 6.54 Å². The number of hydrogen-bond acceptors (Lipinski definition) is 2. The average molecular weight is 326 g/mol. The molecule has 0 spiro atoms. The van der Waals surface area contributed by atoms with Crippen LogP contribution in [0.2, 0.25) is 0 Å². The van der Waals surface area contributed by atoms with Crippen LogP contribution in [0.4, 0.5) is 4.39 Å². The highest BCUT2D eigenvalue weighted by Gasteiger charge is 2.20. The monoisotopic (exact) mass is 325 g/mol. The molecule has 1 saturated carbocycles. The van der Waals surface area contributed by atoms with Crippen molar-refractivity contribution in [2.45, 2.75) is 25.4 Å². The van der Waals surface area contributed by atoms with E-state index in [9.17, 15) is 4.39 Å². The summed E-state index contributed by atoms with van der Waals surface area (Å²) in [6.07, 6.45) is 2.62. The smallest absolute Gasteiger partial charge is 0.137 e. The van der Waals surface area contributed by atoms with E-state index < -0.39 is 0 Å². The van der Waals surface area contributed by atoms with Gasteiger partial charge < -0.3 is 5.32 Å². The van der Waals surface area contributed by atoms with Crippen LogP contribution in [0, 0.1) is 5.82 Å². The molecule has 1 N–H and O–H groups in total. The third kappa shape index (κ3) is 2.82. The molecule has 1 nitrogen and oxygen atoms in total. The van der Waals surface area contributed by atoms with Gasteiger partial charge in [-0.15, -0.1) is 11.3 Å². The Kier molecular flexibility index (Phi) is 3.50. The lowest BCUT2D eigenvalue weighted by Crippen LogP contribution is -2.14.